The molecule has 4 atom stereocenters. The SMILES string of the molecule is C=C1NC(=O)N(C2CC(O)C(COP(=O)(OC)OC)O2)C=C1C#CCNC(=O)COCCOC(C)N. The summed E-state index contributed by atoms with van der Waals surface area (Å²) in [5, 5.41) is 15.5. The first-order valence-electron chi connectivity index (χ1n) is 11.0. The predicted octanol–water partition coefficient (Wildman–Crippen LogP) is -0.240. The van der Waals surface area contributed by atoms with Crippen LogP contribution >= 0.6 is 7.82 Å². The van der Waals surface area contributed by atoms with E-state index in [-0.39, 0.29) is 51.0 Å². The monoisotopic (exact) mass is 532 g/mol. The Bertz CT molecular complexity index is 923. The van der Waals surface area contributed by atoms with Crippen molar-refractivity contribution in [3.63, 3.8) is 0 Å². The summed E-state index contributed by atoms with van der Waals surface area (Å²) in [6, 6.07) is -0.526. The van der Waals surface area contributed by atoms with Crippen LogP contribution in [-0.2, 0) is 37.1 Å². The standard InChI is InChI=1S/C21H33N4O10P/c1-14-16(6-5-7-23-19(27)13-32-8-9-33-15(2)22)11-25(21(28)24-14)20-10-17(26)18(35-20)12-34-36(29,30-3)31-4/h11,15,17-18,20,26H,1,7-10,12-13,22H2,2-4H3,(H,23,27)(H,24,28). The Morgan fingerprint density at radius 2 is 2.17 bits per heavy atom. The van der Waals surface area contributed by atoms with Crippen LogP contribution in [0, 0.1) is 11.8 Å². The lowest BCUT2D eigenvalue weighted by Crippen LogP contribution is -2.46. The molecule has 0 aromatic heterocycles. The van der Waals surface area contributed by atoms with Gasteiger partial charge in [0.1, 0.15) is 25.2 Å². The number of nitrogens with one attached hydrogen (secondary N) is 2. The van der Waals surface area contributed by atoms with Crippen LogP contribution in [0.2, 0.25) is 0 Å². The van der Waals surface area contributed by atoms with Gasteiger partial charge in [-0.1, -0.05) is 18.4 Å². The lowest BCUT2D eigenvalue weighted by atomic mass is 10.1. The summed E-state index contributed by atoms with van der Waals surface area (Å²) in [6.07, 6.45) is -1.61. The molecule has 4 unspecified atom stereocenters. The molecule has 0 aromatic carbocycles. The van der Waals surface area contributed by atoms with Crippen LogP contribution < -0.4 is 16.4 Å². The van der Waals surface area contributed by atoms with Crippen LogP contribution in [0.15, 0.2) is 24.0 Å². The molecule has 2 rings (SSSR count). The Hall–Kier alpha value is -2.31. The van der Waals surface area contributed by atoms with Crippen LogP contribution in [0.3, 0.4) is 0 Å². The average Bonchev–Trinajstić information content (AvgIpc) is 3.21. The number of aliphatic hydroxyl groups excluding tert-OH is 1. The third kappa shape index (κ3) is 9.29. The Morgan fingerprint density at radius 1 is 1.44 bits per heavy atom. The van der Waals surface area contributed by atoms with E-state index in [4.69, 9.17) is 24.5 Å². The molecule has 1 fully saturated rings. The summed E-state index contributed by atoms with van der Waals surface area (Å²) in [7, 11) is -1.42. The Kier molecular flexibility index (Phi) is 12.0. The summed E-state index contributed by atoms with van der Waals surface area (Å²) in [6.45, 7) is 5.57. The maximum absolute atomic E-state index is 12.5. The molecule has 0 aliphatic carbocycles. The predicted molar refractivity (Wildman–Crippen MR) is 126 cm³/mol. The smallest absolute Gasteiger partial charge is 0.390 e. The average molecular weight is 532 g/mol. The van der Waals surface area contributed by atoms with E-state index in [1.54, 1.807) is 6.92 Å². The van der Waals surface area contributed by atoms with Gasteiger partial charge in [0.25, 0.3) is 0 Å². The van der Waals surface area contributed by atoms with E-state index in [9.17, 15) is 19.3 Å². The van der Waals surface area contributed by atoms with E-state index in [1.165, 1.54) is 11.1 Å². The van der Waals surface area contributed by atoms with Crippen molar-refractivity contribution in [2.45, 2.75) is 38.0 Å². The van der Waals surface area contributed by atoms with Gasteiger partial charge in [0, 0.05) is 26.8 Å². The summed E-state index contributed by atoms with van der Waals surface area (Å²) in [5.74, 6) is 5.24. The van der Waals surface area contributed by atoms with Crippen LogP contribution in [0.5, 0.6) is 0 Å². The number of rotatable bonds is 13. The van der Waals surface area contributed by atoms with Crippen molar-refractivity contribution in [3.8, 4) is 11.8 Å². The van der Waals surface area contributed by atoms with Crippen LogP contribution in [-0.4, -0.2) is 93.8 Å². The Balaban J connectivity index is 1.88. The minimum Gasteiger partial charge on any atom is -0.390 e. The van der Waals surface area contributed by atoms with Gasteiger partial charge in [-0.3, -0.25) is 23.3 Å². The van der Waals surface area contributed by atoms with Crippen LogP contribution in [0.1, 0.15) is 13.3 Å². The fraction of sp³-hybridized carbons (Fsp3) is 0.619. The molecule has 0 radical (unpaired) electrons. The molecule has 5 N–H and O–H groups in total. The number of aliphatic hydroxyl groups is 1. The zero-order valence-corrected chi connectivity index (χ0v) is 21.3. The lowest BCUT2D eigenvalue weighted by molar-refractivity contribution is -0.126. The lowest BCUT2D eigenvalue weighted by Gasteiger charge is -2.30. The molecule has 0 aromatic rings. The van der Waals surface area contributed by atoms with E-state index in [0.717, 1.165) is 14.2 Å². The molecule has 0 spiro atoms. The number of ether oxygens (including phenoxy) is 3. The molecule has 202 valence electrons. The summed E-state index contributed by atoms with van der Waals surface area (Å²) in [4.78, 5) is 25.5. The van der Waals surface area contributed by atoms with Crippen LogP contribution in [0.4, 0.5) is 4.79 Å². The van der Waals surface area contributed by atoms with Crippen molar-refractivity contribution in [2.24, 2.45) is 5.73 Å². The van der Waals surface area contributed by atoms with Gasteiger partial charge in [0.2, 0.25) is 5.91 Å². The van der Waals surface area contributed by atoms with Crippen molar-refractivity contribution in [2.75, 3.05) is 47.2 Å². The number of allylic oxidation sites excluding steroid dienone is 1. The van der Waals surface area contributed by atoms with E-state index in [2.05, 4.69) is 38.1 Å². The van der Waals surface area contributed by atoms with Gasteiger partial charge < -0.3 is 35.7 Å². The van der Waals surface area contributed by atoms with Gasteiger partial charge in [-0.15, -0.1) is 0 Å². The topological polar surface area (TPSA) is 180 Å². The van der Waals surface area contributed by atoms with Crippen molar-refractivity contribution < 1.29 is 47.0 Å². The Morgan fingerprint density at radius 3 is 2.83 bits per heavy atom. The molecule has 14 nitrogen and oxygen atoms in total. The molecule has 36 heavy (non-hydrogen) atoms. The second-order valence-electron chi connectivity index (χ2n) is 7.61. The first-order valence-corrected chi connectivity index (χ1v) is 12.4. The number of phosphoric acid groups is 1. The quantitative estimate of drug-likeness (QED) is 0.106. The van der Waals surface area contributed by atoms with Gasteiger partial charge in [-0.05, 0) is 6.92 Å². The number of nitrogens with zero attached hydrogens (tertiary/aromatic N) is 1. The molecule has 2 aliphatic rings. The number of carbonyl (C=O) groups excluding carboxylic acids is 2. The van der Waals surface area contributed by atoms with E-state index in [1.807, 2.05) is 0 Å². The molecular formula is C21H33N4O10P. The third-order valence-corrected chi connectivity index (χ3v) is 6.24. The first-order chi connectivity index (χ1) is 17.1. The third-order valence-electron chi connectivity index (χ3n) is 4.88. The molecule has 0 bridgehead atoms. The summed E-state index contributed by atoms with van der Waals surface area (Å²) in [5.41, 5.74) is 6.09. The van der Waals surface area contributed by atoms with E-state index < -0.39 is 38.5 Å². The molecule has 3 amide bonds. The van der Waals surface area contributed by atoms with Gasteiger partial charge in [0.15, 0.2) is 0 Å². The number of hydrogen-bond acceptors (Lipinski definition) is 11. The van der Waals surface area contributed by atoms with Crippen LogP contribution in [0.25, 0.3) is 0 Å². The number of hydrogen-bond donors (Lipinski definition) is 4. The van der Waals surface area contributed by atoms with Gasteiger partial charge in [0.05, 0.1) is 43.7 Å². The fourth-order valence-corrected chi connectivity index (χ4v) is 3.72. The number of phosphoric ester groups is 1. The molecular weight excluding hydrogens is 499 g/mol. The highest BCUT2D eigenvalue weighted by Crippen LogP contribution is 2.48. The van der Waals surface area contributed by atoms with Gasteiger partial charge in [-0.2, -0.15) is 0 Å². The number of nitrogens with two attached hydrogens (primary N) is 1. The van der Waals surface area contributed by atoms with Crippen molar-refractivity contribution in [1.29, 1.82) is 0 Å². The maximum atomic E-state index is 12.5. The molecule has 2 aliphatic heterocycles. The second-order valence-corrected chi connectivity index (χ2v) is 9.49. The number of urea groups is 1. The van der Waals surface area contributed by atoms with Gasteiger partial charge in [-0.25, -0.2) is 9.36 Å². The molecule has 0 saturated carbocycles. The minimum atomic E-state index is -3.75. The van der Waals surface area contributed by atoms with Crippen molar-refractivity contribution >= 4 is 19.8 Å². The number of carbonyl (C=O) groups is 2. The minimum absolute atomic E-state index is 0.0359. The highest BCUT2D eigenvalue weighted by Gasteiger charge is 2.41. The van der Waals surface area contributed by atoms with E-state index in [0.29, 0.717) is 5.57 Å². The van der Waals surface area contributed by atoms with Crippen molar-refractivity contribution in [1.82, 2.24) is 15.5 Å². The second kappa shape index (κ2) is 14.4. The molecule has 1 saturated heterocycles. The van der Waals surface area contributed by atoms with E-state index >= 15 is 0 Å². The largest absolute Gasteiger partial charge is 0.474 e. The maximum Gasteiger partial charge on any atom is 0.474 e. The highest BCUT2D eigenvalue weighted by molar-refractivity contribution is 7.48. The summed E-state index contributed by atoms with van der Waals surface area (Å²) < 4.78 is 42.5. The first kappa shape index (κ1) is 29.9. The zero-order valence-electron chi connectivity index (χ0n) is 20.4. The molecule has 2 heterocycles. The summed E-state index contributed by atoms with van der Waals surface area (Å²) >= 11 is 0. The number of amides is 3. The highest BCUT2D eigenvalue weighted by atomic mass is 31.2. The van der Waals surface area contributed by atoms with Gasteiger partial charge >= 0.3 is 13.9 Å². The van der Waals surface area contributed by atoms with Crippen molar-refractivity contribution in [3.05, 3.63) is 24.0 Å². The molecule has 15 heteroatoms. The fourth-order valence-electron chi connectivity index (χ4n) is 3.03. The normalized spacial score (nSPS) is 23.0. The zero-order chi connectivity index (χ0) is 26.7. The Labute approximate surface area is 209 Å².